The van der Waals surface area contributed by atoms with Gasteiger partial charge in [0.25, 0.3) is 0 Å². The molecule has 4 rings (SSSR count). The molecule has 0 radical (unpaired) electrons. The third-order valence-corrected chi connectivity index (χ3v) is 4.95. The van der Waals surface area contributed by atoms with Gasteiger partial charge in [-0.25, -0.2) is 4.98 Å². The van der Waals surface area contributed by atoms with Crippen LogP contribution in [0.5, 0.6) is 0 Å². The second-order valence-electron chi connectivity index (χ2n) is 6.47. The van der Waals surface area contributed by atoms with E-state index in [1.54, 1.807) is 0 Å². The van der Waals surface area contributed by atoms with Crippen molar-refractivity contribution in [1.82, 2.24) is 15.3 Å². The van der Waals surface area contributed by atoms with Gasteiger partial charge in [0.15, 0.2) is 0 Å². The fourth-order valence-electron chi connectivity index (χ4n) is 3.57. The van der Waals surface area contributed by atoms with Crippen LogP contribution in [-0.4, -0.2) is 29.1 Å². The molecule has 1 aromatic carbocycles. The molecule has 2 aliphatic rings. The van der Waals surface area contributed by atoms with E-state index in [9.17, 15) is 0 Å². The monoisotopic (exact) mass is 309 g/mol. The lowest BCUT2D eigenvalue weighted by atomic mass is 9.82. The normalized spacial score (nSPS) is 23.0. The van der Waals surface area contributed by atoms with E-state index < -0.39 is 0 Å². The van der Waals surface area contributed by atoms with Crippen LogP contribution in [0.2, 0.25) is 0 Å². The number of nitrogen functional groups attached to an aromatic ring is 1. The predicted molar refractivity (Wildman–Crippen MR) is 92.6 cm³/mol. The maximum Gasteiger partial charge on any atom is 0.222 e. The molecule has 1 fully saturated rings. The molecule has 0 bridgehead atoms. The maximum absolute atomic E-state index is 6.00. The topological polar surface area (TPSA) is 75.9 Å². The van der Waals surface area contributed by atoms with E-state index in [0.29, 0.717) is 17.9 Å². The summed E-state index contributed by atoms with van der Waals surface area (Å²) in [6, 6.07) is 11.2. The Morgan fingerprint density at radius 2 is 2.00 bits per heavy atom. The van der Waals surface area contributed by atoms with E-state index in [-0.39, 0.29) is 0 Å². The molecule has 0 amide bonds. The summed E-state index contributed by atoms with van der Waals surface area (Å²) in [7, 11) is 0. The van der Waals surface area contributed by atoms with Crippen LogP contribution in [0.3, 0.4) is 0 Å². The summed E-state index contributed by atoms with van der Waals surface area (Å²) in [6.07, 6.45) is 4.54. The number of nitrogens with two attached hydrogens (primary N) is 1. The van der Waals surface area contributed by atoms with E-state index in [0.717, 1.165) is 43.9 Å². The smallest absolute Gasteiger partial charge is 0.222 e. The second-order valence-corrected chi connectivity index (χ2v) is 6.47. The van der Waals surface area contributed by atoms with Crippen LogP contribution in [0.1, 0.15) is 42.0 Å². The lowest BCUT2D eigenvalue weighted by Crippen LogP contribution is -2.47. The number of aromatic nitrogens is 2. The van der Waals surface area contributed by atoms with Crippen molar-refractivity contribution in [3.63, 3.8) is 0 Å². The van der Waals surface area contributed by atoms with Gasteiger partial charge in [0.1, 0.15) is 5.82 Å². The molecule has 1 aliphatic heterocycles. The Hall–Kier alpha value is -2.14. The summed E-state index contributed by atoms with van der Waals surface area (Å²) < 4.78 is 0. The summed E-state index contributed by atoms with van der Waals surface area (Å²) in [5, 5.41) is 6.90. The van der Waals surface area contributed by atoms with Crippen molar-refractivity contribution in [1.29, 1.82) is 0 Å². The molecule has 23 heavy (non-hydrogen) atoms. The van der Waals surface area contributed by atoms with Gasteiger partial charge in [-0.1, -0.05) is 30.3 Å². The molecular weight excluding hydrogens is 286 g/mol. The number of nitrogens with one attached hydrogen (secondary N) is 2. The van der Waals surface area contributed by atoms with Gasteiger partial charge in [0, 0.05) is 24.1 Å². The first-order valence-corrected chi connectivity index (χ1v) is 8.50. The average molecular weight is 309 g/mol. The molecule has 120 valence electrons. The van der Waals surface area contributed by atoms with E-state index in [2.05, 4.69) is 50.9 Å². The third kappa shape index (κ3) is 2.88. The van der Waals surface area contributed by atoms with E-state index >= 15 is 0 Å². The fourth-order valence-corrected chi connectivity index (χ4v) is 3.57. The number of benzene rings is 1. The zero-order valence-corrected chi connectivity index (χ0v) is 13.3. The molecule has 2 atom stereocenters. The molecular formula is C18H23N5. The molecule has 2 heterocycles. The number of hydrogen-bond acceptors (Lipinski definition) is 5. The Morgan fingerprint density at radius 1 is 1.17 bits per heavy atom. The van der Waals surface area contributed by atoms with Gasteiger partial charge in [-0.15, -0.1) is 0 Å². The third-order valence-electron chi connectivity index (χ3n) is 4.95. The standard InChI is InChI=1S/C18H23N5/c19-18-22-16-14(12-5-2-1-3-6-12)7-4-8-15(16)17(23-18)21-11-13-9-10-20-13/h1-3,5-6,13-14,20H,4,7-11H2,(H3,19,21,22,23). The highest BCUT2D eigenvalue weighted by atomic mass is 15.1. The zero-order chi connectivity index (χ0) is 15.6. The Bertz CT molecular complexity index is 681. The van der Waals surface area contributed by atoms with Crippen molar-refractivity contribution in [2.75, 3.05) is 24.1 Å². The van der Waals surface area contributed by atoms with Crippen molar-refractivity contribution >= 4 is 11.8 Å². The van der Waals surface area contributed by atoms with Crippen molar-refractivity contribution < 1.29 is 0 Å². The first kappa shape index (κ1) is 14.5. The second kappa shape index (κ2) is 6.16. The van der Waals surface area contributed by atoms with Crippen LogP contribution >= 0.6 is 0 Å². The lowest BCUT2D eigenvalue weighted by molar-refractivity contribution is 0.386. The molecule has 5 heteroatoms. The van der Waals surface area contributed by atoms with E-state index in [1.807, 2.05) is 0 Å². The number of hydrogen-bond donors (Lipinski definition) is 3. The summed E-state index contributed by atoms with van der Waals surface area (Å²) in [5.74, 6) is 1.63. The Morgan fingerprint density at radius 3 is 2.74 bits per heavy atom. The number of fused-ring (bicyclic) bond motifs is 1. The Labute approximate surface area is 136 Å². The Kier molecular flexibility index (Phi) is 3.87. The quantitative estimate of drug-likeness (QED) is 0.808. The largest absolute Gasteiger partial charge is 0.368 e. The fraction of sp³-hybridized carbons (Fsp3) is 0.444. The maximum atomic E-state index is 6.00. The molecule has 0 spiro atoms. The van der Waals surface area contributed by atoms with Crippen LogP contribution in [-0.2, 0) is 6.42 Å². The van der Waals surface area contributed by atoms with Crippen LogP contribution in [0.15, 0.2) is 30.3 Å². The molecule has 0 saturated carbocycles. The van der Waals surface area contributed by atoms with Gasteiger partial charge in [0.05, 0.1) is 5.69 Å². The first-order chi connectivity index (χ1) is 11.3. The zero-order valence-electron chi connectivity index (χ0n) is 13.3. The number of rotatable bonds is 4. The van der Waals surface area contributed by atoms with Gasteiger partial charge in [-0.3, -0.25) is 0 Å². The minimum Gasteiger partial charge on any atom is -0.368 e. The summed E-state index contributed by atoms with van der Waals surface area (Å²) in [4.78, 5) is 9.08. The van der Waals surface area contributed by atoms with Crippen LogP contribution in [0, 0.1) is 0 Å². The Balaban J connectivity index is 1.66. The number of anilines is 2. The van der Waals surface area contributed by atoms with Crippen molar-refractivity contribution in [2.24, 2.45) is 0 Å². The highest BCUT2D eigenvalue weighted by molar-refractivity contribution is 5.53. The highest BCUT2D eigenvalue weighted by Crippen LogP contribution is 2.38. The van der Waals surface area contributed by atoms with Crippen LogP contribution < -0.4 is 16.4 Å². The minimum atomic E-state index is 0.327. The molecule has 2 aromatic rings. The van der Waals surface area contributed by atoms with Crippen molar-refractivity contribution in [3.8, 4) is 0 Å². The van der Waals surface area contributed by atoms with E-state index in [1.165, 1.54) is 17.5 Å². The van der Waals surface area contributed by atoms with Crippen molar-refractivity contribution in [3.05, 3.63) is 47.2 Å². The minimum absolute atomic E-state index is 0.327. The van der Waals surface area contributed by atoms with Crippen LogP contribution in [0.4, 0.5) is 11.8 Å². The average Bonchev–Trinajstić information content (AvgIpc) is 2.53. The highest BCUT2D eigenvalue weighted by Gasteiger charge is 2.27. The molecule has 1 aliphatic carbocycles. The molecule has 2 unspecified atom stereocenters. The van der Waals surface area contributed by atoms with Gasteiger partial charge < -0.3 is 16.4 Å². The molecule has 5 nitrogen and oxygen atoms in total. The van der Waals surface area contributed by atoms with Crippen LogP contribution in [0.25, 0.3) is 0 Å². The summed E-state index contributed by atoms with van der Waals surface area (Å²) in [5.41, 5.74) is 9.67. The van der Waals surface area contributed by atoms with Gasteiger partial charge in [0.2, 0.25) is 5.95 Å². The SMILES string of the molecule is Nc1nc(NCC2CCN2)c2c(n1)C(c1ccccc1)CCC2. The van der Waals surface area contributed by atoms with Crippen molar-refractivity contribution in [2.45, 2.75) is 37.6 Å². The van der Waals surface area contributed by atoms with Gasteiger partial charge >= 0.3 is 0 Å². The summed E-state index contributed by atoms with van der Waals surface area (Å²) in [6.45, 7) is 2.02. The molecule has 1 saturated heterocycles. The van der Waals surface area contributed by atoms with Gasteiger partial charge in [-0.2, -0.15) is 4.98 Å². The predicted octanol–water partition coefficient (Wildman–Crippen LogP) is 2.30. The lowest BCUT2D eigenvalue weighted by Gasteiger charge is -2.30. The van der Waals surface area contributed by atoms with E-state index in [4.69, 9.17) is 5.73 Å². The molecule has 1 aromatic heterocycles. The first-order valence-electron chi connectivity index (χ1n) is 8.50. The number of nitrogens with zero attached hydrogens (tertiary/aromatic N) is 2. The van der Waals surface area contributed by atoms with Gasteiger partial charge in [-0.05, 0) is 37.8 Å². The molecule has 4 N–H and O–H groups in total. The summed E-state index contributed by atoms with van der Waals surface area (Å²) >= 11 is 0.